The Morgan fingerprint density at radius 1 is 1.53 bits per heavy atom. The molecule has 0 aliphatic heterocycles. The number of aromatic hydroxyl groups is 1. The molecule has 3 nitrogen and oxygen atoms in total. The molecular formula is C11H11NO2S. The highest BCUT2D eigenvalue weighted by molar-refractivity contribution is 7.98. The molecule has 0 aromatic heterocycles. The first-order valence-electron chi connectivity index (χ1n) is 4.68. The fourth-order valence-electron chi connectivity index (χ4n) is 1.68. The quantitative estimate of drug-likeness (QED) is 0.484. The predicted octanol–water partition coefficient (Wildman–Crippen LogP) is 2.44. The Morgan fingerprint density at radius 2 is 2.27 bits per heavy atom. The van der Waals surface area contributed by atoms with Crippen molar-refractivity contribution in [3.05, 3.63) is 23.8 Å². The van der Waals surface area contributed by atoms with Crippen molar-refractivity contribution in [2.75, 3.05) is 6.26 Å². The van der Waals surface area contributed by atoms with E-state index in [1.54, 1.807) is 23.9 Å². The summed E-state index contributed by atoms with van der Waals surface area (Å²) in [6.07, 6.45) is 5.16. The van der Waals surface area contributed by atoms with Gasteiger partial charge in [0, 0.05) is 10.5 Å². The average Bonchev–Trinajstić information content (AvgIpc) is 2.99. The van der Waals surface area contributed by atoms with E-state index < -0.39 is 5.54 Å². The summed E-state index contributed by atoms with van der Waals surface area (Å²) in [7, 11) is 0. The largest absolute Gasteiger partial charge is 0.508 e. The van der Waals surface area contributed by atoms with Gasteiger partial charge in [0.2, 0.25) is 6.08 Å². The van der Waals surface area contributed by atoms with Gasteiger partial charge < -0.3 is 5.11 Å². The molecule has 78 valence electrons. The van der Waals surface area contributed by atoms with Gasteiger partial charge in [-0.15, -0.1) is 11.8 Å². The van der Waals surface area contributed by atoms with Crippen LogP contribution in [0, 0.1) is 0 Å². The summed E-state index contributed by atoms with van der Waals surface area (Å²) < 4.78 is 0. The molecule has 0 heterocycles. The zero-order valence-corrected chi connectivity index (χ0v) is 9.17. The van der Waals surface area contributed by atoms with E-state index in [1.807, 2.05) is 18.4 Å². The molecule has 1 N–H and O–H groups in total. The van der Waals surface area contributed by atoms with E-state index in [1.165, 1.54) is 0 Å². The topological polar surface area (TPSA) is 49.7 Å². The Balaban J connectivity index is 2.41. The average molecular weight is 221 g/mol. The maximum Gasteiger partial charge on any atom is 0.235 e. The number of carbonyl (C=O) groups excluding carboxylic acids is 1. The summed E-state index contributed by atoms with van der Waals surface area (Å²) in [6, 6.07) is 5.48. The van der Waals surface area contributed by atoms with Crippen LogP contribution < -0.4 is 0 Å². The van der Waals surface area contributed by atoms with Crippen molar-refractivity contribution in [1.29, 1.82) is 0 Å². The molecule has 1 aromatic rings. The van der Waals surface area contributed by atoms with Gasteiger partial charge in [-0.3, -0.25) is 0 Å². The molecule has 0 atom stereocenters. The van der Waals surface area contributed by atoms with E-state index in [0.717, 1.165) is 23.3 Å². The second-order valence-electron chi connectivity index (χ2n) is 3.62. The standard InChI is InChI=1S/C11H11NO2S/c1-15-8-2-3-9(10(14)6-8)11(4-5-11)12-7-13/h2-3,6,14H,4-5H2,1H3. The van der Waals surface area contributed by atoms with Crippen LogP contribution in [0.25, 0.3) is 0 Å². The van der Waals surface area contributed by atoms with Crippen LogP contribution >= 0.6 is 11.8 Å². The van der Waals surface area contributed by atoms with Gasteiger partial charge in [-0.1, -0.05) is 6.07 Å². The van der Waals surface area contributed by atoms with Gasteiger partial charge in [0.15, 0.2) is 0 Å². The Morgan fingerprint density at radius 3 is 2.73 bits per heavy atom. The predicted molar refractivity (Wildman–Crippen MR) is 58.9 cm³/mol. The molecule has 0 spiro atoms. The molecule has 1 aliphatic carbocycles. The molecule has 0 amide bonds. The number of nitrogens with zero attached hydrogens (tertiary/aromatic N) is 1. The molecule has 1 aromatic carbocycles. The molecule has 15 heavy (non-hydrogen) atoms. The normalized spacial score (nSPS) is 16.9. The van der Waals surface area contributed by atoms with E-state index in [4.69, 9.17) is 0 Å². The molecule has 0 bridgehead atoms. The molecular weight excluding hydrogens is 210 g/mol. The highest BCUT2D eigenvalue weighted by atomic mass is 32.2. The molecule has 1 saturated carbocycles. The van der Waals surface area contributed by atoms with Gasteiger partial charge >= 0.3 is 0 Å². The summed E-state index contributed by atoms with van der Waals surface area (Å²) >= 11 is 1.57. The molecule has 0 radical (unpaired) electrons. The Bertz CT molecular complexity index is 434. The van der Waals surface area contributed by atoms with E-state index in [2.05, 4.69) is 4.99 Å². The molecule has 1 aliphatic rings. The van der Waals surface area contributed by atoms with Gasteiger partial charge in [-0.25, -0.2) is 4.79 Å². The van der Waals surface area contributed by atoms with Crippen LogP contribution in [0.3, 0.4) is 0 Å². The van der Waals surface area contributed by atoms with Crippen LogP contribution in [0.15, 0.2) is 28.1 Å². The zero-order chi connectivity index (χ0) is 10.9. The number of rotatable bonds is 3. The van der Waals surface area contributed by atoms with Crippen molar-refractivity contribution in [3.63, 3.8) is 0 Å². The first-order chi connectivity index (χ1) is 7.22. The molecule has 0 saturated heterocycles. The number of isocyanates is 1. The number of thioether (sulfide) groups is 1. The Hall–Kier alpha value is -1.25. The molecule has 2 rings (SSSR count). The van der Waals surface area contributed by atoms with E-state index in [9.17, 15) is 9.90 Å². The third kappa shape index (κ3) is 1.78. The highest BCUT2D eigenvalue weighted by Crippen LogP contribution is 2.52. The number of phenolic OH excluding ortho intramolecular Hbond substituents is 1. The monoisotopic (exact) mass is 221 g/mol. The number of hydrogen-bond donors (Lipinski definition) is 1. The van der Waals surface area contributed by atoms with Gasteiger partial charge in [-0.05, 0) is 31.2 Å². The second-order valence-corrected chi connectivity index (χ2v) is 4.50. The van der Waals surface area contributed by atoms with Gasteiger partial charge in [0.25, 0.3) is 0 Å². The van der Waals surface area contributed by atoms with E-state index in [-0.39, 0.29) is 5.75 Å². The number of aliphatic imine (C=N–C) groups is 1. The fourth-order valence-corrected chi connectivity index (χ4v) is 2.11. The summed E-state index contributed by atoms with van der Waals surface area (Å²) in [4.78, 5) is 15.1. The van der Waals surface area contributed by atoms with Crippen LogP contribution in [0.1, 0.15) is 18.4 Å². The molecule has 4 heteroatoms. The second kappa shape index (κ2) is 3.72. The van der Waals surface area contributed by atoms with Gasteiger partial charge in [-0.2, -0.15) is 4.99 Å². The number of benzene rings is 1. The van der Waals surface area contributed by atoms with Crippen LogP contribution in [-0.2, 0) is 10.3 Å². The minimum Gasteiger partial charge on any atom is -0.508 e. The third-order valence-electron chi connectivity index (χ3n) is 2.69. The zero-order valence-electron chi connectivity index (χ0n) is 8.36. The van der Waals surface area contributed by atoms with Gasteiger partial charge in [0.1, 0.15) is 11.3 Å². The summed E-state index contributed by atoms with van der Waals surface area (Å²) in [6.45, 7) is 0. The smallest absolute Gasteiger partial charge is 0.235 e. The number of phenols is 1. The van der Waals surface area contributed by atoms with Crippen LogP contribution in [0.5, 0.6) is 5.75 Å². The minimum atomic E-state index is -0.483. The summed E-state index contributed by atoms with van der Waals surface area (Å²) in [5.41, 5.74) is 0.256. The van der Waals surface area contributed by atoms with Crippen molar-refractivity contribution in [3.8, 4) is 5.75 Å². The lowest BCUT2D eigenvalue weighted by Crippen LogP contribution is -2.02. The van der Waals surface area contributed by atoms with Crippen molar-refractivity contribution < 1.29 is 9.90 Å². The fraction of sp³-hybridized carbons (Fsp3) is 0.364. The van der Waals surface area contributed by atoms with E-state index in [0.29, 0.717) is 0 Å². The third-order valence-corrected chi connectivity index (χ3v) is 3.41. The lowest BCUT2D eigenvalue weighted by molar-refractivity contribution is 0.458. The number of hydrogen-bond acceptors (Lipinski definition) is 4. The Kier molecular flexibility index (Phi) is 2.55. The highest BCUT2D eigenvalue weighted by Gasteiger charge is 2.46. The van der Waals surface area contributed by atoms with E-state index >= 15 is 0 Å². The SMILES string of the molecule is CSc1ccc(C2(N=C=O)CC2)c(O)c1. The van der Waals surface area contributed by atoms with Crippen molar-refractivity contribution in [1.82, 2.24) is 0 Å². The first-order valence-corrected chi connectivity index (χ1v) is 5.91. The van der Waals surface area contributed by atoms with Crippen LogP contribution in [0.2, 0.25) is 0 Å². The molecule has 1 fully saturated rings. The minimum absolute atomic E-state index is 0.221. The summed E-state index contributed by atoms with van der Waals surface area (Å²) in [5.74, 6) is 0.221. The van der Waals surface area contributed by atoms with Crippen molar-refractivity contribution in [2.45, 2.75) is 23.3 Å². The maximum atomic E-state index is 10.3. The first kappa shape index (κ1) is 10.3. The van der Waals surface area contributed by atoms with Crippen LogP contribution in [-0.4, -0.2) is 17.4 Å². The Labute approximate surface area is 92.2 Å². The van der Waals surface area contributed by atoms with Crippen molar-refractivity contribution in [2.24, 2.45) is 4.99 Å². The van der Waals surface area contributed by atoms with Crippen molar-refractivity contribution >= 4 is 17.8 Å². The lowest BCUT2D eigenvalue weighted by Gasteiger charge is -2.11. The van der Waals surface area contributed by atoms with Crippen LogP contribution in [0.4, 0.5) is 0 Å². The molecule has 0 unspecified atom stereocenters. The maximum absolute atomic E-state index is 10.3. The van der Waals surface area contributed by atoms with Gasteiger partial charge in [0.05, 0.1) is 0 Å². The summed E-state index contributed by atoms with van der Waals surface area (Å²) in [5, 5.41) is 9.82. The lowest BCUT2D eigenvalue weighted by atomic mass is 10.0.